The van der Waals surface area contributed by atoms with Crippen LogP contribution in [0.4, 0.5) is 0 Å². The highest BCUT2D eigenvalue weighted by Crippen LogP contribution is 2.45. The van der Waals surface area contributed by atoms with Crippen LogP contribution in [0.3, 0.4) is 0 Å². The zero-order valence-corrected chi connectivity index (χ0v) is 31.2. The lowest BCUT2D eigenvalue weighted by Gasteiger charge is -2.11. The zero-order valence-electron chi connectivity index (χ0n) is 30.4. The van der Waals surface area contributed by atoms with Crippen LogP contribution < -0.4 is 0 Å². The van der Waals surface area contributed by atoms with Crippen molar-refractivity contribution in [2.24, 2.45) is 0 Å². The molecular weight excluding hydrogens is 715 g/mol. The number of thiophene rings is 1. The van der Waals surface area contributed by atoms with Gasteiger partial charge in [-0.05, 0) is 99.4 Å². The van der Waals surface area contributed by atoms with Gasteiger partial charge >= 0.3 is 0 Å². The van der Waals surface area contributed by atoms with E-state index >= 15 is 0 Å². The second kappa shape index (κ2) is 11.6. The Hall–Kier alpha value is -7.34. The fourth-order valence-electron chi connectivity index (χ4n) is 9.21. The van der Waals surface area contributed by atoms with Gasteiger partial charge in [0, 0.05) is 48.4 Å². The molecule has 0 unspecified atom stereocenters. The van der Waals surface area contributed by atoms with Crippen molar-refractivity contribution in [1.82, 2.24) is 14.5 Å². The van der Waals surface area contributed by atoms with Crippen LogP contribution in [-0.4, -0.2) is 14.5 Å². The third kappa shape index (κ3) is 4.43. The van der Waals surface area contributed by atoms with Gasteiger partial charge in [0.1, 0.15) is 11.2 Å². The summed E-state index contributed by atoms with van der Waals surface area (Å²) in [4.78, 5) is 10.6. The predicted octanol–water partition coefficient (Wildman–Crippen LogP) is 14.6. The van der Waals surface area contributed by atoms with Gasteiger partial charge in [-0.3, -0.25) is 0 Å². The van der Waals surface area contributed by atoms with Crippen LogP contribution in [0, 0.1) is 0 Å². The summed E-state index contributed by atoms with van der Waals surface area (Å²) in [5, 5.41) is 10.8. The molecule has 0 atom stereocenters. The van der Waals surface area contributed by atoms with Crippen molar-refractivity contribution in [2.75, 3.05) is 0 Å². The molecule has 0 amide bonds. The SMILES string of the molecule is c1ccc(-c2nc(-c3ccc4c(c3)c3cc(-c5ccc6c(c5)c5cccc7oc8cccc6c8c75)ccc3n4-c3ccccc3)nc3c2sc2ccccc23)cc1. The zero-order chi connectivity index (χ0) is 37.2. The van der Waals surface area contributed by atoms with Crippen molar-refractivity contribution < 1.29 is 4.42 Å². The summed E-state index contributed by atoms with van der Waals surface area (Å²) in [6.07, 6.45) is 0. The first-order valence-corrected chi connectivity index (χ1v) is 20.0. The van der Waals surface area contributed by atoms with Gasteiger partial charge in [-0.15, -0.1) is 11.3 Å². The van der Waals surface area contributed by atoms with Crippen LogP contribution >= 0.6 is 11.3 Å². The first kappa shape index (κ1) is 30.9. The molecule has 0 saturated heterocycles. The molecule has 5 heteroatoms. The number of benzene rings is 9. The number of para-hydroxylation sites is 1. The van der Waals surface area contributed by atoms with E-state index in [1.807, 2.05) is 0 Å². The Morgan fingerprint density at radius 2 is 1.02 bits per heavy atom. The molecule has 0 N–H and O–H groups in total. The van der Waals surface area contributed by atoms with E-state index in [1.54, 1.807) is 11.3 Å². The number of fused-ring (bicyclic) bond motifs is 9. The van der Waals surface area contributed by atoms with Gasteiger partial charge in [-0.1, -0.05) is 109 Å². The van der Waals surface area contributed by atoms with E-state index in [0.29, 0.717) is 0 Å². The molecule has 0 aliphatic carbocycles. The Kier molecular flexibility index (Phi) is 6.29. The first-order valence-electron chi connectivity index (χ1n) is 19.2. The van der Waals surface area contributed by atoms with E-state index in [1.165, 1.54) is 53.5 Å². The minimum atomic E-state index is 0.723. The number of rotatable bonds is 4. The molecule has 4 aromatic heterocycles. The topological polar surface area (TPSA) is 43.9 Å². The molecule has 0 fully saturated rings. The van der Waals surface area contributed by atoms with Crippen LogP contribution in [0.1, 0.15) is 0 Å². The third-order valence-corrected chi connectivity index (χ3v) is 12.9. The average molecular weight is 744 g/mol. The fraction of sp³-hybridized carbons (Fsp3) is 0. The fourth-order valence-corrected chi connectivity index (χ4v) is 10.4. The Labute approximate surface area is 329 Å². The smallest absolute Gasteiger partial charge is 0.160 e. The highest BCUT2D eigenvalue weighted by molar-refractivity contribution is 7.26. The summed E-state index contributed by atoms with van der Waals surface area (Å²) in [6.45, 7) is 0. The molecule has 0 aliphatic rings. The van der Waals surface area contributed by atoms with Gasteiger partial charge < -0.3 is 8.98 Å². The van der Waals surface area contributed by atoms with Crippen molar-refractivity contribution in [1.29, 1.82) is 0 Å². The molecule has 0 radical (unpaired) electrons. The van der Waals surface area contributed by atoms with E-state index in [2.05, 4.69) is 180 Å². The average Bonchev–Trinajstić information content (AvgIpc) is 3.96. The van der Waals surface area contributed by atoms with Crippen molar-refractivity contribution in [3.05, 3.63) is 176 Å². The largest absolute Gasteiger partial charge is 0.456 e. The van der Waals surface area contributed by atoms with Gasteiger partial charge in [0.15, 0.2) is 5.82 Å². The normalized spacial score (nSPS) is 12.2. The van der Waals surface area contributed by atoms with Gasteiger partial charge in [0.2, 0.25) is 0 Å². The van der Waals surface area contributed by atoms with Crippen molar-refractivity contribution >= 4 is 96.9 Å². The molecule has 13 aromatic rings. The molecule has 9 aromatic carbocycles. The summed E-state index contributed by atoms with van der Waals surface area (Å²) in [5.41, 5.74) is 11.7. The van der Waals surface area contributed by atoms with E-state index in [4.69, 9.17) is 14.4 Å². The van der Waals surface area contributed by atoms with Crippen LogP contribution in [0.15, 0.2) is 180 Å². The van der Waals surface area contributed by atoms with Gasteiger partial charge in [0.05, 0.1) is 26.9 Å². The molecule has 0 bridgehead atoms. The Balaban J connectivity index is 1.05. The number of hydrogen-bond donors (Lipinski definition) is 0. The minimum absolute atomic E-state index is 0.723. The maximum Gasteiger partial charge on any atom is 0.160 e. The standard InChI is InChI=1S/C52H29N3OS/c1-3-11-30(12-4-1)49-51-50(38-15-7-8-20-46(38)57-51)54-52(53-49)33-23-26-43-41(29-33)40-28-32(22-25-42(40)55(43)34-13-5-2-6-14-34)31-21-24-35-36-16-9-18-44-47(36)48-37(39(35)27-31)17-10-19-45(48)56-44/h1-29H. The lowest BCUT2D eigenvalue weighted by molar-refractivity contribution is 0.669. The summed E-state index contributed by atoms with van der Waals surface area (Å²) in [6, 6.07) is 63.0. The monoisotopic (exact) mass is 743 g/mol. The Morgan fingerprint density at radius 1 is 0.421 bits per heavy atom. The van der Waals surface area contributed by atoms with Crippen molar-refractivity contribution in [3.8, 4) is 39.5 Å². The second-order valence-electron chi connectivity index (χ2n) is 14.9. The molecular formula is C52H29N3OS. The molecule has 4 heterocycles. The van der Waals surface area contributed by atoms with E-state index in [-0.39, 0.29) is 0 Å². The molecule has 0 saturated carbocycles. The molecule has 4 nitrogen and oxygen atoms in total. The quantitative estimate of drug-likeness (QED) is 0.169. The van der Waals surface area contributed by atoms with Gasteiger partial charge in [-0.2, -0.15) is 0 Å². The van der Waals surface area contributed by atoms with Gasteiger partial charge in [0.25, 0.3) is 0 Å². The lowest BCUT2D eigenvalue weighted by Crippen LogP contribution is -1.95. The van der Waals surface area contributed by atoms with Gasteiger partial charge in [-0.25, -0.2) is 9.97 Å². The predicted molar refractivity (Wildman–Crippen MR) is 239 cm³/mol. The van der Waals surface area contributed by atoms with E-state index < -0.39 is 0 Å². The summed E-state index contributed by atoms with van der Waals surface area (Å²) in [5.74, 6) is 0.723. The highest BCUT2D eigenvalue weighted by Gasteiger charge is 2.20. The number of furan rings is 1. The van der Waals surface area contributed by atoms with E-state index in [0.717, 1.165) is 71.5 Å². The van der Waals surface area contributed by atoms with Crippen molar-refractivity contribution in [3.63, 3.8) is 0 Å². The molecule has 57 heavy (non-hydrogen) atoms. The Morgan fingerprint density at radius 3 is 1.77 bits per heavy atom. The number of nitrogens with zero attached hydrogens (tertiary/aromatic N) is 3. The van der Waals surface area contributed by atoms with Crippen molar-refractivity contribution in [2.45, 2.75) is 0 Å². The molecule has 0 aliphatic heterocycles. The van der Waals surface area contributed by atoms with Crippen LogP contribution in [0.2, 0.25) is 0 Å². The molecule has 264 valence electrons. The molecule has 13 rings (SSSR count). The number of hydrogen-bond acceptors (Lipinski definition) is 4. The van der Waals surface area contributed by atoms with Crippen LogP contribution in [0.25, 0.3) is 125 Å². The first-order chi connectivity index (χ1) is 28.2. The third-order valence-electron chi connectivity index (χ3n) is 11.8. The summed E-state index contributed by atoms with van der Waals surface area (Å²) in [7, 11) is 0. The van der Waals surface area contributed by atoms with Crippen LogP contribution in [0.5, 0.6) is 0 Å². The minimum Gasteiger partial charge on any atom is -0.456 e. The maximum absolute atomic E-state index is 6.32. The summed E-state index contributed by atoms with van der Waals surface area (Å²) >= 11 is 1.76. The second-order valence-corrected chi connectivity index (χ2v) is 15.9. The maximum atomic E-state index is 6.32. The summed E-state index contributed by atoms with van der Waals surface area (Å²) < 4.78 is 11.0. The number of aromatic nitrogens is 3. The Bertz CT molecular complexity index is 3750. The van der Waals surface area contributed by atoms with Crippen LogP contribution in [-0.2, 0) is 0 Å². The highest BCUT2D eigenvalue weighted by atomic mass is 32.1. The molecule has 0 spiro atoms. The lowest BCUT2D eigenvalue weighted by atomic mass is 9.92. The van der Waals surface area contributed by atoms with E-state index in [9.17, 15) is 0 Å².